The Morgan fingerprint density at radius 2 is 1.83 bits per heavy atom. The molecule has 1 heterocycles. The smallest absolute Gasteiger partial charge is 0.429 e. The second-order valence-electron chi connectivity index (χ2n) is 8.77. The molecule has 0 bridgehead atoms. The van der Waals surface area contributed by atoms with Crippen LogP contribution < -0.4 is 10.1 Å². The van der Waals surface area contributed by atoms with Gasteiger partial charge in [-0.05, 0) is 30.5 Å². The van der Waals surface area contributed by atoms with Crippen molar-refractivity contribution in [3.63, 3.8) is 0 Å². The number of halogens is 10. The Bertz CT molecular complexity index is 1410. The molecule has 222 valence electrons. The highest BCUT2D eigenvalue weighted by Gasteiger charge is 2.76. The number of benzene rings is 1. The van der Waals surface area contributed by atoms with Crippen LogP contribution in [0.2, 0.25) is 5.02 Å². The van der Waals surface area contributed by atoms with E-state index in [2.05, 4.69) is 15.2 Å². The molecule has 0 spiro atoms. The van der Waals surface area contributed by atoms with E-state index in [-0.39, 0.29) is 26.4 Å². The van der Waals surface area contributed by atoms with Gasteiger partial charge in [0.2, 0.25) is 0 Å². The van der Waals surface area contributed by atoms with Gasteiger partial charge in [-0.3, -0.25) is 4.79 Å². The Labute approximate surface area is 230 Å². The first-order valence-corrected chi connectivity index (χ1v) is 11.5. The summed E-state index contributed by atoms with van der Waals surface area (Å²) in [5.74, 6) is -3.60. The van der Waals surface area contributed by atoms with E-state index in [4.69, 9.17) is 17.0 Å². The number of aryl methyl sites for hydroxylation is 1. The second kappa shape index (κ2) is 10.8. The number of nitrogens with one attached hydrogen (secondary N) is 2. The van der Waals surface area contributed by atoms with Gasteiger partial charge >= 0.3 is 24.6 Å². The van der Waals surface area contributed by atoms with Crippen LogP contribution >= 0.6 is 11.6 Å². The summed E-state index contributed by atoms with van der Waals surface area (Å²) < 4.78 is 125. The predicted molar refractivity (Wildman–Crippen MR) is 126 cm³/mol. The quantitative estimate of drug-likeness (QED) is 0.258. The minimum Gasteiger partial charge on any atom is -0.429 e. The number of carbonyl (C=O) groups excluding carboxylic acids is 1. The molecule has 8 nitrogen and oxygen atoms in total. The summed E-state index contributed by atoms with van der Waals surface area (Å²) in [5.41, 5.74) is -9.97. The van der Waals surface area contributed by atoms with Gasteiger partial charge in [-0.15, -0.1) is 0 Å². The van der Waals surface area contributed by atoms with Crippen molar-refractivity contribution in [2.24, 2.45) is 7.05 Å². The van der Waals surface area contributed by atoms with Crippen LogP contribution in [0, 0.1) is 16.7 Å². The lowest BCUT2D eigenvalue weighted by Crippen LogP contribution is -2.51. The molecule has 1 amide bonds. The first-order valence-electron chi connectivity index (χ1n) is 11.2. The predicted octanol–water partition coefficient (Wildman–Crippen LogP) is 6.20. The maximum absolute atomic E-state index is 14.7. The van der Waals surface area contributed by atoms with Crippen LogP contribution in [0.25, 0.3) is 5.57 Å². The number of rotatable bonds is 9. The van der Waals surface area contributed by atoms with Gasteiger partial charge in [-0.1, -0.05) is 17.7 Å². The highest BCUT2D eigenvalue weighted by Crippen LogP contribution is 2.56. The van der Waals surface area contributed by atoms with Crippen molar-refractivity contribution < 1.29 is 49.0 Å². The largest absolute Gasteiger partial charge is 0.437 e. The van der Waals surface area contributed by atoms with E-state index in [0.29, 0.717) is 19.1 Å². The van der Waals surface area contributed by atoms with Gasteiger partial charge in [-0.2, -0.15) is 45.5 Å². The van der Waals surface area contributed by atoms with Crippen LogP contribution in [-0.2, 0) is 12.7 Å². The Morgan fingerprint density at radius 3 is 2.29 bits per heavy atom. The molecule has 0 aliphatic heterocycles. The fraction of sp³-hybridized carbons (Fsp3) is 0.391. The first-order chi connectivity index (χ1) is 18.8. The van der Waals surface area contributed by atoms with Crippen molar-refractivity contribution in [3.8, 4) is 11.8 Å². The van der Waals surface area contributed by atoms with Crippen LogP contribution in [-0.4, -0.2) is 58.4 Å². The van der Waals surface area contributed by atoms with Crippen LogP contribution in [0.5, 0.6) is 5.75 Å². The summed E-state index contributed by atoms with van der Waals surface area (Å²) in [5, 5.41) is 22.0. The van der Waals surface area contributed by atoms with Gasteiger partial charge in [0.05, 0.1) is 16.7 Å². The van der Waals surface area contributed by atoms with Crippen LogP contribution in [0.4, 0.5) is 45.3 Å². The lowest BCUT2D eigenvalue weighted by atomic mass is 9.99. The van der Waals surface area contributed by atoms with Crippen molar-refractivity contribution in [1.82, 2.24) is 14.7 Å². The molecular weight excluding hydrogens is 599 g/mol. The molecule has 3 rings (SSSR count). The third-order valence-electron chi connectivity index (χ3n) is 6.25. The molecule has 2 N–H and O–H groups in total. The number of carbonyl (C=O) groups is 1. The monoisotopic (exact) mass is 616 g/mol. The van der Waals surface area contributed by atoms with Gasteiger partial charge in [0.15, 0.2) is 17.3 Å². The summed E-state index contributed by atoms with van der Waals surface area (Å²) in [6.45, 7) is -3.99. The average molecular weight is 617 g/mol. The molecule has 18 heteroatoms. The number of allylic oxidation sites excluding steroid dienone is 1. The number of hydrogen-bond donors (Lipinski definition) is 2. The minimum absolute atomic E-state index is 0.0425. The standard InChI is InChI=1S/C23H18ClF9N6O2/c1-38(20(10-35)5-6-20)18(40)13-7-11(3-4-14(13)24)12(8-34)9-36-17-15(41-19(25)26)16(37-39(17)2)21(27,22(28,29)30)23(31,32)33/h3-4,7-9,19,34,36H,5-6H2,1-2H3/b12-9+,34-8?. The topological polar surface area (TPSA) is 107 Å². The molecule has 2 aromatic rings. The number of amides is 1. The summed E-state index contributed by atoms with van der Waals surface area (Å²) in [4.78, 5) is 14.2. The molecule has 1 aliphatic carbocycles. The highest BCUT2D eigenvalue weighted by atomic mass is 35.5. The molecule has 0 saturated heterocycles. The molecule has 1 saturated carbocycles. The van der Waals surface area contributed by atoms with Crippen LogP contribution in [0.15, 0.2) is 24.4 Å². The minimum atomic E-state index is -6.67. The molecule has 0 radical (unpaired) electrons. The van der Waals surface area contributed by atoms with Crippen LogP contribution in [0.1, 0.15) is 34.5 Å². The summed E-state index contributed by atoms with van der Waals surface area (Å²) in [6.07, 6.45) is -11.1. The summed E-state index contributed by atoms with van der Waals surface area (Å²) in [6, 6.07) is 5.76. The number of aromatic nitrogens is 2. The Hall–Kier alpha value is -3.94. The van der Waals surface area contributed by atoms with Gasteiger partial charge in [0, 0.05) is 32.1 Å². The van der Waals surface area contributed by atoms with E-state index in [0.717, 1.165) is 13.2 Å². The fourth-order valence-electron chi connectivity index (χ4n) is 3.76. The fourth-order valence-corrected chi connectivity index (χ4v) is 3.96. The Balaban J connectivity index is 2.08. The Morgan fingerprint density at radius 1 is 1.24 bits per heavy atom. The zero-order valence-corrected chi connectivity index (χ0v) is 21.5. The molecule has 0 unspecified atom stereocenters. The normalized spacial score (nSPS) is 15.4. The third kappa shape index (κ3) is 5.65. The Kier molecular flexibility index (Phi) is 8.32. The van der Waals surface area contributed by atoms with Gasteiger partial charge < -0.3 is 20.4 Å². The van der Waals surface area contributed by atoms with Gasteiger partial charge in [0.25, 0.3) is 5.91 Å². The zero-order chi connectivity index (χ0) is 31.1. The van der Waals surface area contributed by atoms with E-state index in [9.17, 15) is 49.6 Å². The number of nitriles is 1. The number of hydrogen-bond acceptors (Lipinski definition) is 6. The average Bonchev–Trinajstić information content (AvgIpc) is 3.62. The molecule has 41 heavy (non-hydrogen) atoms. The zero-order valence-electron chi connectivity index (χ0n) is 20.8. The summed E-state index contributed by atoms with van der Waals surface area (Å²) >= 11 is 6.14. The molecule has 1 fully saturated rings. The maximum Gasteiger partial charge on any atom is 0.437 e. The van der Waals surface area contributed by atoms with Gasteiger partial charge in [0.1, 0.15) is 5.54 Å². The number of anilines is 1. The SMILES string of the molecule is CN(C(=O)c1cc(/C(C=N)=C/Nc2c(OC(F)F)c(C(F)(C(F)(F)F)C(F)(F)F)nn2C)ccc1Cl)C1(C#N)CC1. The lowest BCUT2D eigenvalue weighted by Gasteiger charge is -2.28. The molecule has 1 aromatic heterocycles. The van der Waals surface area contributed by atoms with E-state index in [1.807, 2.05) is 6.07 Å². The van der Waals surface area contributed by atoms with Crippen molar-refractivity contribution in [2.45, 2.75) is 43.0 Å². The number of ether oxygens (including phenoxy) is 1. The van der Waals surface area contributed by atoms with Gasteiger partial charge in [-0.25, -0.2) is 9.07 Å². The van der Waals surface area contributed by atoms with E-state index < -0.39 is 53.3 Å². The van der Waals surface area contributed by atoms with E-state index in [1.54, 1.807) is 0 Å². The highest BCUT2D eigenvalue weighted by molar-refractivity contribution is 6.34. The second-order valence-corrected chi connectivity index (χ2v) is 9.18. The first kappa shape index (κ1) is 31.6. The summed E-state index contributed by atoms with van der Waals surface area (Å²) in [7, 11) is 2.11. The molecular formula is C23H18ClF9N6O2. The van der Waals surface area contributed by atoms with Crippen molar-refractivity contribution in [3.05, 3.63) is 46.2 Å². The van der Waals surface area contributed by atoms with Crippen molar-refractivity contribution in [1.29, 1.82) is 10.7 Å². The molecule has 1 aromatic carbocycles. The van der Waals surface area contributed by atoms with E-state index >= 15 is 0 Å². The maximum atomic E-state index is 14.7. The van der Waals surface area contributed by atoms with Crippen LogP contribution in [0.3, 0.4) is 0 Å². The molecule has 0 atom stereocenters. The number of nitrogens with zero attached hydrogens (tertiary/aromatic N) is 4. The number of alkyl halides is 9. The lowest BCUT2D eigenvalue weighted by molar-refractivity contribution is -0.350. The van der Waals surface area contributed by atoms with Crippen molar-refractivity contribution in [2.75, 3.05) is 12.4 Å². The van der Waals surface area contributed by atoms with Crippen molar-refractivity contribution >= 4 is 35.1 Å². The molecule has 1 aliphatic rings. The third-order valence-corrected chi connectivity index (χ3v) is 6.58. The van der Waals surface area contributed by atoms with E-state index in [1.165, 1.54) is 30.1 Å².